The summed E-state index contributed by atoms with van der Waals surface area (Å²) in [5.41, 5.74) is 0. The fourth-order valence-electron chi connectivity index (χ4n) is 0.782. The summed E-state index contributed by atoms with van der Waals surface area (Å²) in [4.78, 5) is 3.95. The highest BCUT2D eigenvalue weighted by molar-refractivity contribution is 9.10. The van der Waals surface area contributed by atoms with Gasteiger partial charge in [-0.3, -0.25) is 4.98 Å². The first-order chi connectivity index (χ1) is 6.83. The molecule has 0 aliphatic carbocycles. The predicted molar refractivity (Wildman–Crippen MR) is 55.3 cm³/mol. The third kappa shape index (κ3) is 4.55. The van der Waals surface area contributed by atoms with E-state index in [1.165, 1.54) is 0 Å². The fourth-order valence-corrected chi connectivity index (χ4v) is 1.13. The summed E-state index contributed by atoms with van der Waals surface area (Å²) >= 11 is 3.29. The van der Waals surface area contributed by atoms with Crippen LogP contribution in [-0.4, -0.2) is 32.1 Å². The van der Waals surface area contributed by atoms with Gasteiger partial charge in [-0.1, -0.05) is 0 Å². The van der Waals surface area contributed by atoms with Gasteiger partial charge in [0.15, 0.2) is 6.79 Å². The minimum absolute atomic E-state index is 0.210. The van der Waals surface area contributed by atoms with Gasteiger partial charge in [0.25, 0.3) is 0 Å². The Kier molecular flexibility index (Phi) is 5.51. The van der Waals surface area contributed by atoms with Crippen molar-refractivity contribution in [2.24, 2.45) is 0 Å². The molecule has 0 spiro atoms. The molecule has 0 N–H and O–H groups in total. The van der Waals surface area contributed by atoms with E-state index in [-0.39, 0.29) is 6.79 Å². The smallest absolute Gasteiger partial charge is 0.189 e. The van der Waals surface area contributed by atoms with Crippen molar-refractivity contribution < 1.29 is 14.2 Å². The molecule has 0 aliphatic rings. The number of ether oxygens (including phenoxy) is 3. The second-order valence-electron chi connectivity index (χ2n) is 2.50. The summed E-state index contributed by atoms with van der Waals surface area (Å²) in [7, 11) is 1.63. The molecule has 0 aliphatic heterocycles. The predicted octanol–water partition coefficient (Wildman–Crippen LogP) is 1.84. The second kappa shape index (κ2) is 6.75. The molecule has 0 amide bonds. The van der Waals surface area contributed by atoms with E-state index in [0.29, 0.717) is 19.0 Å². The van der Waals surface area contributed by atoms with Crippen molar-refractivity contribution in [1.29, 1.82) is 0 Å². The monoisotopic (exact) mass is 261 g/mol. The summed E-state index contributed by atoms with van der Waals surface area (Å²) in [6, 6.07) is 1.83. The molecule has 0 saturated carbocycles. The number of nitrogens with zero attached hydrogens (tertiary/aromatic N) is 1. The number of hydrogen-bond acceptors (Lipinski definition) is 4. The summed E-state index contributed by atoms with van der Waals surface area (Å²) in [5, 5.41) is 0. The standard InChI is InChI=1S/C9H12BrNO3/c1-12-2-3-13-7-14-9-4-8(10)5-11-6-9/h4-6H,2-3,7H2,1H3. The van der Waals surface area contributed by atoms with Crippen LogP contribution in [0.5, 0.6) is 5.75 Å². The first-order valence-corrected chi connectivity index (χ1v) is 4.92. The molecule has 0 aromatic carbocycles. The molecule has 1 rings (SSSR count). The zero-order valence-corrected chi connectivity index (χ0v) is 9.49. The van der Waals surface area contributed by atoms with E-state index < -0.39 is 0 Å². The summed E-state index contributed by atoms with van der Waals surface area (Å²) in [5.74, 6) is 0.678. The van der Waals surface area contributed by atoms with Crippen molar-refractivity contribution in [2.45, 2.75) is 0 Å². The van der Waals surface area contributed by atoms with Crippen LogP contribution >= 0.6 is 15.9 Å². The lowest BCUT2D eigenvalue weighted by Gasteiger charge is -2.06. The van der Waals surface area contributed by atoms with Crippen LogP contribution in [-0.2, 0) is 9.47 Å². The average Bonchev–Trinajstić information content (AvgIpc) is 2.18. The van der Waals surface area contributed by atoms with E-state index in [9.17, 15) is 0 Å². The Morgan fingerprint density at radius 1 is 1.36 bits per heavy atom. The normalized spacial score (nSPS) is 10.1. The highest BCUT2D eigenvalue weighted by Crippen LogP contribution is 2.15. The highest BCUT2D eigenvalue weighted by Gasteiger charge is 1.94. The van der Waals surface area contributed by atoms with Gasteiger partial charge in [0, 0.05) is 17.8 Å². The van der Waals surface area contributed by atoms with Gasteiger partial charge in [0.1, 0.15) is 5.75 Å². The van der Waals surface area contributed by atoms with Crippen molar-refractivity contribution in [3.63, 3.8) is 0 Å². The molecule has 0 unspecified atom stereocenters. The molecule has 0 fully saturated rings. The Morgan fingerprint density at radius 2 is 2.21 bits per heavy atom. The Hall–Kier alpha value is -0.650. The van der Waals surface area contributed by atoms with E-state index in [0.717, 1.165) is 4.47 Å². The second-order valence-corrected chi connectivity index (χ2v) is 3.42. The molecule has 1 aromatic heterocycles. The topological polar surface area (TPSA) is 40.6 Å². The number of hydrogen-bond donors (Lipinski definition) is 0. The molecule has 0 saturated heterocycles. The van der Waals surface area contributed by atoms with Crippen LogP contribution in [0.15, 0.2) is 22.9 Å². The van der Waals surface area contributed by atoms with Crippen molar-refractivity contribution in [2.75, 3.05) is 27.1 Å². The lowest BCUT2D eigenvalue weighted by atomic mass is 10.5. The third-order valence-corrected chi connectivity index (χ3v) is 1.85. The Bertz CT molecular complexity index is 270. The lowest BCUT2D eigenvalue weighted by molar-refractivity contribution is -0.00864. The fraction of sp³-hybridized carbons (Fsp3) is 0.444. The molecule has 1 aromatic rings. The van der Waals surface area contributed by atoms with Gasteiger partial charge < -0.3 is 14.2 Å². The Morgan fingerprint density at radius 3 is 2.93 bits per heavy atom. The maximum Gasteiger partial charge on any atom is 0.189 e. The Labute approximate surface area is 91.3 Å². The molecular weight excluding hydrogens is 250 g/mol. The Balaban J connectivity index is 2.18. The molecule has 14 heavy (non-hydrogen) atoms. The van der Waals surface area contributed by atoms with Crippen molar-refractivity contribution in [3.8, 4) is 5.75 Å². The van der Waals surface area contributed by atoms with Gasteiger partial charge in [0.05, 0.1) is 19.4 Å². The molecule has 0 bridgehead atoms. The minimum atomic E-state index is 0.210. The quantitative estimate of drug-likeness (QED) is 0.579. The molecule has 5 heteroatoms. The zero-order chi connectivity index (χ0) is 10.2. The number of halogens is 1. The van der Waals surface area contributed by atoms with E-state index in [4.69, 9.17) is 14.2 Å². The van der Waals surface area contributed by atoms with Crippen molar-refractivity contribution >= 4 is 15.9 Å². The SMILES string of the molecule is COCCOCOc1cncc(Br)c1. The van der Waals surface area contributed by atoms with Crippen LogP contribution in [0.1, 0.15) is 0 Å². The lowest BCUT2D eigenvalue weighted by Crippen LogP contribution is -2.07. The van der Waals surface area contributed by atoms with Gasteiger partial charge in [-0.2, -0.15) is 0 Å². The maximum atomic E-state index is 5.26. The molecule has 78 valence electrons. The van der Waals surface area contributed by atoms with Crippen LogP contribution < -0.4 is 4.74 Å². The van der Waals surface area contributed by atoms with Gasteiger partial charge in [-0.25, -0.2) is 0 Å². The summed E-state index contributed by atoms with van der Waals surface area (Å²) in [6.45, 7) is 1.31. The molecule has 1 heterocycles. The maximum absolute atomic E-state index is 5.26. The van der Waals surface area contributed by atoms with Crippen LogP contribution in [0.4, 0.5) is 0 Å². The van der Waals surface area contributed by atoms with E-state index in [2.05, 4.69) is 20.9 Å². The molecular formula is C9H12BrNO3. The first kappa shape index (κ1) is 11.4. The largest absolute Gasteiger partial charge is 0.466 e. The number of rotatable bonds is 6. The van der Waals surface area contributed by atoms with Gasteiger partial charge in [-0.05, 0) is 22.0 Å². The number of methoxy groups -OCH3 is 1. The molecule has 0 atom stereocenters. The molecule has 4 nitrogen and oxygen atoms in total. The first-order valence-electron chi connectivity index (χ1n) is 4.13. The molecule has 0 radical (unpaired) electrons. The third-order valence-electron chi connectivity index (χ3n) is 1.42. The van der Waals surface area contributed by atoms with Crippen molar-refractivity contribution in [3.05, 3.63) is 22.9 Å². The van der Waals surface area contributed by atoms with Gasteiger partial charge in [-0.15, -0.1) is 0 Å². The highest BCUT2D eigenvalue weighted by atomic mass is 79.9. The minimum Gasteiger partial charge on any atom is -0.466 e. The van der Waals surface area contributed by atoms with Crippen LogP contribution in [0.3, 0.4) is 0 Å². The van der Waals surface area contributed by atoms with Crippen molar-refractivity contribution in [1.82, 2.24) is 4.98 Å². The zero-order valence-electron chi connectivity index (χ0n) is 7.90. The number of pyridine rings is 1. The van der Waals surface area contributed by atoms with E-state index in [1.54, 1.807) is 19.5 Å². The van der Waals surface area contributed by atoms with E-state index in [1.807, 2.05) is 6.07 Å². The van der Waals surface area contributed by atoms with Crippen LogP contribution in [0, 0.1) is 0 Å². The summed E-state index contributed by atoms with van der Waals surface area (Å²) in [6.07, 6.45) is 3.32. The van der Waals surface area contributed by atoms with Gasteiger partial charge >= 0.3 is 0 Å². The summed E-state index contributed by atoms with van der Waals surface area (Å²) < 4.78 is 16.1. The van der Waals surface area contributed by atoms with Crippen LogP contribution in [0.2, 0.25) is 0 Å². The number of aromatic nitrogens is 1. The van der Waals surface area contributed by atoms with Gasteiger partial charge in [0.2, 0.25) is 0 Å². The van der Waals surface area contributed by atoms with E-state index >= 15 is 0 Å². The van der Waals surface area contributed by atoms with Crippen LogP contribution in [0.25, 0.3) is 0 Å². The average molecular weight is 262 g/mol.